The zero-order valence-corrected chi connectivity index (χ0v) is 11.6. The summed E-state index contributed by atoms with van der Waals surface area (Å²) in [7, 11) is 0. The molecule has 7 heteroatoms. The van der Waals surface area contributed by atoms with E-state index in [1.54, 1.807) is 0 Å². The fourth-order valence-corrected chi connectivity index (χ4v) is 2.19. The van der Waals surface area contributed by atoms with Gasteiger partial charge in [-0.25, -0.2) is 0 Å². The first kappa shape index (κ1) is 14.5. The van der Waals surface area contributed by atoms with Crippen molar-refractivity contribution in [2.75, 3.05) is 18.5 Å². The van der Waals surface area contributed by atoms with Crippen LogP contribution in [0.3, 0.4) is 0 Å². The Balaban J connectivity index is 2.67. The van der Waals surface area contributed by atoms with Crippen LogP contribution in [0.2, 0.25) is 5.28 Å². The normalized spacial score (nSPS) is 12.5. The Hall–Kier alpha value is -0.590. The van der Waals surface area contributed by atoms with Gasteiger partial charge in [-0.1, -0.05) is 25.6 Å². The van der Waals surface area contributed by atoms with Crippen LogP contribution < -0.4 is 5.32 Å². The molecule has 0 radical (unpaired) electrons. The molecule has 0 aliphatic heterocycles. The third kappa shape index (κ3) is 5.52. The average molecular weight is 277 g/mol. The SMILES string of the molecule is CCCNc1nc(Cl)nc(SC(C)CCO)n1. The number of rotatable bonds is 7. The Labute approximate surface area is 110 Å². The fourth-order valence-electron chi connectivity index (χ4n) is 1.12. The molecule has 0 bridgehead atoms. The van der Waals surface area contributed by atoms with Crippen molar-refractivity contribution < 1.29 is 5.11 Å². The third-order valence-corrected chi connectivity index (χ3v) is 3.16. The molecule has 5 nitrogen and oxygen atoms in total. The van der Waals surface area contributed by atoms with Gasteiger partial charge in [-0.15, -0.1) is 0 Å². The maximum absolute atomic E-state index is 8.84. The van der Waals surface area contributed by atoms with Crippen LogP contribution in [0.5, 0.6) is 0 Å². The van der Waals surface area contributed by atoms with Crippen LogP contribution in [0.4, 0.5) is 5.95 Å². The lowest BCUT2D eigenvalue weighted by Gasteiger charge is -2.09. The summed E-state index contributed by atoms with van der Waals surface area (Å²) in [6.07, 6.45) is 1.69. The highest BCUT2D eigenvalue weighted by atomic mass is 35.5. The molecular formula is C10H17ClN4OS. The number of hydrogen-bond acceptors (Lipinski definition) is 6. The molecule has 0 aliphatic carbocycles. The Kier molecular flexibility index (Phi) is 6.54. The van der Waals surface area contributed by atoms with E-state index in [1.165, 1.54) is 11.8 Å². The van der Waals surface area contributed by atoms with E-state index in [-0.39, 0.29) is 17.1 Å². The maximum Gasteiger partial charge on any atom is 0.228 e. The van der Waals surface area contributed by atoms with Gasteiger partial charge in [0.2, 0.25) is 11.2 Å². The molecule has 0 aromatic carbocycles. The van der Waals surface area contributed by atoms with Gasteiger partial charge in [-0.05, 0) is 24.4 Å². The molecule has 96 valence electrons. The summed E-state index contributed by atoms with van der Waals surface area (Å²) in [6.45, 7) is 5.04. The van der Waals surface area contributed by atoms with Crippen LogP contribution in [0, 0.1) is 0 Å². The first-order valence-corrected chi connectivity index (χ1v) is 6.84. The average Bonchev–Trinajstić information content (AvgIpc) is 2.25. The molecule has 1 rings (SSSR count). The molecule has 1 atom stereocenters. The van der Waals surface area contributed by atoms with Crippen LogP contribution in [-0.4, -0.2) is 38.5 Å². The van der Waals surface area contributed by atoms with Crippen molar-refractivity contribution in [2.45, 2.75) is 37.1 Å². The molecule has 0 fully saturated rings. The van der Waals surface area contributed by atoms with E-state index in [4.69, 9.17) is 16.7 Å². The van der Waals surface area contributed by atoms with Crippen molar-refractivity contribution in [3.63, 3.8) is 0 Å². The van der Waals surface area contributed by atoms with Gasteiger partial charge in [0.15, 0.2) is 5.16 Å². The molecule has 0 amide bonds. The second kappa shape index (κ2) is 7.68. The highest BCUT2D eigenvalue weighted by molar-refractivity contribution is 7.99. The lowest BCUT2D eigenvalue weighted by molar-refractivity contribution is 0.289. The minimum absolute atomic E-state index is 0.161. The Morgan fingerprint density at radius 2 is 2.18 bits per heavy atom. The van der Waals surface area contributed by atoms with Gasteiger partial charge < -0.3 is 10.4 Å². The van der Waals surface area contributed by atoms with Gasteiger partial charge in [0.1, 0.15) is 0 Å². The number of thioether (sulfide) groups is 1. The van der Waals surface area contributed by atoms with Crippen molar-refractivity contribution in [3.05, 3.63) is 5.28 Å². The topological polar surface area (TPSA) is 70.9 Å². The molecule has 0 saturated carbocycles. The molecule has 1 heterocycles. The van der Waals surface area contributed by atoms with Gasteiger partial charge in [0, 0.05) is 18.4 Å². The summed E-state index contributed by atoms with van der Waals surface area (Å²) >= 11 is 7.31. The summed E-state index contributed by atoms with van der Waals surface area (Å²) in [5.41, 5.74) is 0. The largest absolute Gasteiger partial charge is 0.396 e. The fraction of sp³-hybridized carbons (Fsp3) is 0.700. The van der Waals surface area contributed by atoms with Gasteiger partial charge in [0.25, 0.3) is 0 Å². The quantitative estimate of drug-likeness (QED) is 0.744. The van der Waals surface area contributed by atoms with Gasteiger partial charge >= 0.3 is 0 Å². The number of nitrogens with one attached hydrogen (secondary N) is 1. The first-order chi connectivity index (χ1) is 8.15. The molecule has 1 aromatic heterocycles. The zero-order chi connectivity index (χ0) is 12.7. The second-order valence-corrected chi connectivity index (χ2v) is 5.32. The van der Waals surface area contributed by atoms with Crippen LogP contribution in [0.25, 0.3) is 0 Å². The minimum atomic E-state index is 0.161. The van der Waals surface area contributed by atoms with Crippen LogP contribution in [-0.2, 0) is 0 Å². The van der Waals surface area contributed by atoms with Crippen LogP contribution in [0.15, 0.2) is 5.16 Å². The van der Waals surface area contributed by atoms with E-state index in [9.17, 15) is 0 Å². The number of anilines is 1. The number of aliphatic hydroxyl groups is 1. The minimum Gasteiger partial charge on any atom is -0.396 e. The first-order valence-electron chi connectivity index (χ1n) is 5.58. The number of halogens is 1. The predicted octanol–water partition coefficient (Wildman–Crippen LogP) is 2.21. The molecular weight excluding hydrogens is 260 g/mol. The lowest BCUT2D eigenvalue weighted by Crippen LogP contribution is -2.07. The second-order valence-electron chi connectivity index (χ2n) is 3.58. The Bertz CT molecular complexity index is 353. The Morgan fingerprint density at radius 3 is 2.82 bits per heavy atom. The number of nitrogens with zero attached hydrogens (tertiary/aromatic N) is 3. The van der Waals surface area contributed by atoms with Gasteiger partial charge in [0.05, 0.1) is 0 Å². The molecule has 1 unspecified atom stereocenters. The summed E-state index contributed by atoms with van der Waals surface area (Å²) < 4.78 is 0. The van der Waals surface area contributed by atoms with Crippen molar-refractivity contribution in [1.82, 2.24) is 15.0 Å². The summed E-state index contributed by atoms with van der Waals surface area (Å²) in [5, 5.41) is 12.9. The molecule has 2 N–H and O–H groups in total. The highest BCUT2D eigenvalue weighted by Crippen LogP contribution is 2.23. The maximum atomic E-state index is 8.84. The van der Waals surface area contributed by atoms with E-state index >= 15 is 0 Å². The standard InChI is InChI=1S/C10H17ClN4OS/c1-3-5-12-9-13-8(11)14-10(15-9)17-7(2)4-6-16/h7,16H,3-6H2,1-2H3,(H,12,13,14,15). The summed E-state index contributed by atoms with van der Waals surface area (Å²) in [4.78, 5) is 12.3. The summed E-state index contributed by atoms with van der Waals surface area (Å²) in [5.74, 6) is 0.505. The predicted molar refractivity (Wildman–Crippen MR) is 70.6 cm³/mol. The van der Waals surface area contributed by atoms with Crippen LogP contribution >= 0.6 is 23.4 Å². The van der Waals surface area contributed by atoms with Crippen molar-refractivity contribution in [2.24, 2.45) is 0 Å². The van der Waals surface area contributed by atoms with Crippen molar-refractivity contribution in [3.8, 4) is 0 Å². The lowest BCUT2D eigenvalue weighted by atomic mass is 10.4. The smallest absolute Gasteiger partial charge is 0.228 e. The van der Waals surface area contributed by atoms with Crippen molar-refractivity contribution >= 4 is 29.3 Å². The summed E-state index contributed by atoms with van der Waals surface area (Å²) in [6, 6.07) is 0. The zero-order valence-electron chi connectivity index (χ0n) is 9.98. The Morgan fingerprint density at radius 1 is 1.41 bits per heavy atom. The van der Waals surface area contributed by atoms with Crippen LogP contribution in [0.1, 0.15) is 26.7 Å². The molecule has 17 heavy (non-hydrogen) atoms. The van der Waals surface area contributed by atoms with E-state index < -0.39 is 0 Å². The van der Waals surface area contributed by atoms with E-state index in [1.807, 2.05) is 6.92 Å². The molecule has 0 saturated heterocycles. The van der Waals surface area contributed by atoms with E-state index in [2.05, 4.69) is 27.2 Å². The number of hydrogen-bond donors (Lipinski definition) is 2. The van der Waals surface area contributed by atoms with Gasteiger partial charge in [-0.2, -0.15) is 15.0 Å². The monoisotopic (exact) mass is 276 g/mol. The van der Waals surface area contributed by atoms with E-state index in [0.29, 0.717) is 17.5 Å². The third-order valence-electron chi connectivity index (χ3n) is 1.96. The molecule has 0 aliphatic rings. The highest BCUT2D eigenvalue weighted by Gasteiger charge is 2.09. The van der Waals surface area contributed by atoms with Gasteiger partial charge in [-0.3, -0.25) is 0 Å². The number of aromatic nitrogens is 3. The number of aliphatic hydroxyl groups excluding tert-OH is 1. The molecule has 1 aromatic rings. The van der Waals surface area contributed by atoms with Crippen molar-refractivity contribution in [1.29, 1.82) is 0 Å². The van der Waals surface area contributed by atoms with E-state index in [0.717, 1.165) is 13.0 Å². The molecule has 0 spiro atoms.